The van der Waals surface area contributed by atoms with E-state index < -0.39 is 5.60 Å². The van der Waals surface area contributed by atoms with Crippen molar-refractivity contribution in [2.75, 3.05) is 26.3 Å². The molecule has 0 saturated carbocycles. The van der Waals surface area contributed by atoms with E-state index in [0.29, 0.717) is 11.9 Å². The number of nitrogens with zero attached hydrogens (tertiary/aromatic N) is 3. The quantitative estimate of drug-likeness (QED) is 0.595. The van der Waals surface area contributed by atoms with Gasteiger partial charge >= 0.3 is 0 Å². The third-order valence-corrected chi connectivity index (χ3v) is 7.40. The number of aromatic nitrogens is 1. The summed E-state index contributed by atoms with van der Waals surface area (Å²) in [4.78, 5) is 19.0. The fourth-order valence-corrected chi connectivity index (χ4v) is 5.65. The van der Waals surface area contributed by atoms with Crippen molar-refractivity contribution in [2.45, 2.75) is 38.3 Å². The third kappa shape index (κ3) is 4.05. The Morgan fingerprint density at radius 1 is 1.26 bits per heavy atom. The molecule has 2 fully saturated rings. The van der Waals surface area contributed by atoms with E-state index in [9.17, 15) is 9.90 Å². The van der Waals surface area contributed by atoms with Crippen LogP contribution in [-0.4, -0.2) is 63.3 Å². The van der Waals surface area contributed by atoms with E-state index in [-0.39, 0.29) is 11.9 Å². The second-order valence-corrected chi connectivity index (χ2v) is 10.3. The lowest BCUT2D eigenvalue weighted by Crippen LogP contribution is -2.54. The molecule has 3 heterocycles. The predicted octanol–water partition coefficient (Wildman–Crippen LogP) is 3.79. The number of para-hydroxylation sites is 1. The van der Waals surface area contributed by atoms with Crippen LogP contribution in [0.15, 0.2) is 48.5 Å². The van der Waals surface area contributed by atoms with E-state index in [0.717, 1.165) is 52.9 Å². The number of hydrogen-bond donors (Lipinski definition) is 1. The zero-order valence-corrected chi connectivity index (χ0v) is 18.8. The van der Waals surface area contributed by atoms with Gasteiger partial charge in [0, 0.05) is 12.8 Å². The molecule has 2 atom stereocenters. The van der Waals surface area contributed by atoms with Gasteiger partial charge in [0.2, 0.25) is 0 Å². The van der Waals surface area contributed by atoms with Crippen LogP contribution in [0.4, 0.5) is 0 Å². The number of rotatable bonds is 6. The third-order valence-electron chi connectivity index (χ3n) is 6.49. The molecular formula is C24H28N3O3S+. The van der Waals surface area contributed by atoms with E-state index >= 15 is 0 Å². The molecule has 2 saturated heterocycles. The molecule has 2 aliphatic heterocycles. The number of ether oxygens (including phenoxy) is 1. The first kappa shape index (κ1) is 20.4. The Morgan fingerprint density at radius 3 is 2.77 bits per heavy atom. The van der Waals surface area contributed by atoms with E-state index in [2.05, 4.69) is 17.1 Å². The standard InChI is InChI=1S/C24H28N3O3S/c1-24(2,29)22(28)26-16-27(14-12-18(26)15-27)13-11-17-7-9-19(10-8-17)30-23-25-20-5-3-4-6-21(20)31-23/h3-10,18,29H,11-16H2,1-2H3/q+1/t18-,27+/m0/s1. The van der Waals surface area contributed by atoms with Crippen molar-refractivity contribution in [3.8, 4) is 10.9 Å². The van der Waals surface area contributed by atoms with Gasteiger partial charge in [-0.25, -0.2) is 4.98 Å². The summed E-state index contributed by atoms with van der Waals surface area (Å²) in [5.74, 6) is 0.646. The van der Waals surface area contributed by atoms with Crippen molar-refractivity contribution in [3.63, 3.8) is 0 Å². The maximum Gasteiger partial charge on any atom is 0.279 e. The van der Waals surface area contributed by atoms with Crippen molar-refractivity contribution in [1.82, 2.24) is 9.88 Å². The minimum atomic E-state index is -1.30. The lowest BCUT2D eigenvalue weighted by atomic mass is 10.1. The molecule has 6 nitrogen and oxygen atoms in total. The summed E-state index contributed by atoms with van der Waals surface area (Å²) in [5.41, 5.74) is 0.925. The summed E-state index contributed by atoms with van der Waals surface area (Å²) in [6.07, 6.45) is 1.98. The van der Waals surface area contributed by atoms with Crippen LogP contribution < -0.4 is 4.74 Å². The molecule has 1 amide bonds. The fraction of sp³-hybridized carbons (Fsp3) is 0.417. The maximum atomic E-state index is 12.6. The Labute approximate surface area is 186 Å². The van der Waals surface area contributed by atoms with E-state index in [1.54, 1.807) is 25.2 Å². The normalized spacial score (nSPS) is 22.9. The van der Waals surface area contributed by atoms with Crippen molar-refractivity contribution in [1.29, 1.82) is 0 Å². The van der Waals surface area contributed by atoms with Gasteiger partial charge in [-0.3, -0.25) is 9.69 Å². The van der Waals surface area contributed by atoms with Crippen LogP contribution in [0.2, 0.25) is 0 Å². The highest BCUT2D eigenvalue weighted by atomic mass is 32.1. The van der Waals surface area contributed by atoms with Crippen LogP contribution in [-0.2, 0) is 11.2 Å². The Bertz CT molecular complexity index is 1070. The van der Waals surface area contributed by atoms with Crippen LogP contribution in [0.25, 0.3) is 10.2 Å². The summed E-state index contributed by atoms with van der Waals surface area (Å²) in [6, 6.07) is 16.5. The Balaban J connectivity index is 1.20. The molecule has 0 aliphatic carbocycles. The number of carbonyl (C=O) groups excluding carboxylic acids is 1. The second kappa shape index (κ2) is 7.58. The molecule has 0 unspecified atom stereocenters. The smallest absolute Gasteiger partial charge is 0.279 e. The maximum absolute atomic E-state index is 12.6. The van der Waals surface area contributed by atoms with Crippen molar-refractivity contribution < 1.29 is 19.1 Å². The van der Waals surface area contributed by atoms with Crippen LogP contribution >= 0.6 is 11.3 Å². The highest BCUT2D eigenvalue weighted by molar-refractivity contribution is 7.20. The molecule has 3 aromatic rings. The largest absolute Gasteiger partial charge is 0.431 e. The molecule has 2 bridgehead atoms. The highest BCUT2D eigenvalue weighted by Crippen LogP contribution is 2.34. The summed E-state index contributed by atoms with van der Waals surface area (Å²) in [6.45, 7) is 6.99. The number of amides is 1. The fourth-order valence-electron chi connectivity index (χ4n) is 4.82. The van der Waals surface area contributed by atoms with Gasteiger partial charge in [0.25, 0.3) is 11.1 Å². The molecule has 1 N–H and O–H groups in total. The Hall–Kier alpha value is -2.48. The van der Waals surface area contributed by atoms with Crippen LogP contribution in [0.5, 0.6) is 10.9 Å². The van der Waals surface area contributed by atoms with Gasteiger partial charge in [-0.05, 0) is 43.7 Å². The van der Waals surface area contributed by atoms with E-state index in [1.807, 2.05) is 41.3 Å². The van der Waals surface area contributed by atoms with Crippen molar-refractivity contribution >= 4 is 27.5 Å². The zero-order valence-electron chi connectivity index (χ0n) is 18.0. The monoisotopic (exact) mass is 438 g/mol. The minimum absolute atomic E-state index is 0.145. The lowest BCUT2D eigenvalue weighted by Gasteiger charge is -2.36. The number of quaternary nitrogens is 1. The van der Waals surface area contributed by atoms with E-state index in [4.69, 9.17) is 4.74 Å². The lowest BCUT2D eigenvalue weighted by molar-refractivity contribution is -0.913. The molecule has 1 aromatic heterocycles. The molecule has 0 radical (unpaired) electrons. The van der Waals surface area contributed by atoms with Gasteiger partial charge < -0.3 is 14.3 Å². The molecular weight excluding hydrogens is 410 g/mol. The van der Waals surface area contributed by atoms with Crippen LogP contribution in [0, 0.1) is 0 Å². The minimum Gasteiger partial charge on any atom is -0.431 e. The molecule has 2 aromatic carbocycles. The van der Waals surface area contributed by atoms with Gasteiger partial charge in [0.05, 0.1) is 29.3 Å². The van der Waals surface area contributed by atoms with Gasteiger partial charge in [0.1, 0.15) is 17.9 Å². The average molecular weight is 439 g/mol. The van der Waals surface area contributed by atoms with Crippen molar-refractivity contribution in [3.05, 3.63) is 54.1 Å². The summed E-state index contributed by atoms with van der Waals surface area (Å²) >= 11 is 1.55. The first-order chi connectivity index (χ1) is 14.8. The van der Waals surface area contributed by atoms with Crippen LogP contribution in [0.3, 0.4) is 0 Å². The topological polar surface area (TPSA) is 62.7 Å². The SMILES string of the molecule is CC(C)(O)C(=O)N1C[N@+]2(CCc3ccc(Oc4nc5ccccc5s4)cc3)CC[C@H]1C2. The van der Waals surface area contributed by atoms with Gasteiger partial charge in [-0.2, -0.15) is 0 Å². The molecule has 162 valence electrons. The number of aliphatic hydroxyl groups is 1. The average Bonchev–Trinajstić information content (AvgIpc) is 3.44. The summed E-state index contributed by atoms with van der Waals surface area (Å²) in [7, 11) is 0. The highest BCUT2D eigenvalue weighted by Gasteiger charge is 2.52. The second-order valence-electron chi connectivity index (χ2n) is 9.33. The number of hydrogen-bond acceptors (Lipinski definition) is 5. The van der Waals surface area contributed by atoms with Crippen LogP contribution in [0.1, 0.15) is 25.8 Å². The number of thiazole rings is 1. The van der Waals surface area contributed by atoms with E-state index in [1.165, 1.54) is 5.56 Å². The first-order valence-corrected chi connectivity index (χ1v) is 11.6. The summed E-state index contributed by atoms with van der Waals surface area (Å²) < 4.78 is 8.01. The van der Waals surface area contributed by atoms with Gasteiger partial charge in [-0.15, -0.1) is 0 Å². The number of benzene rings is 2. The molecule has 5 rings (SSSR count). The number of fused-ring (bicyclic) bond motifs is 3. The molecule has 31 heavy (non-hydrogen) atoms. The molecule has 2 aliphatic rings. The predicted molar refractivity (Wildman–Crippen MR) is 121 cm³/mol. The van der Waals surface area contributed by atoms with Crippen molar-refractivity contribution in [2.24, 2.45) is 0 Å². The molecule has 7 heteroatoms. The summed E-state index contributed by atoms with van der Waals surface area (Å²) in [5, 5.41) is 10.8. The van der Waals surface area contributed by atoms with Gasteiger partial charge in [0.15, 0.2) is 6.67 Å². The zero-order chi connectivity index (χ0) is 21.6. The van der Waals surface area contributed by atoms with Gasteiger partial charge in [-0.1, -0.05) is 35.6 Å². The Kier molecular flexibility index (Phi) is 5.00. The number of carbonyl (C=O) groups is 1. The first-order valence-electron chi connectivity index (χ1n) is 10.8. The molecule has 0 spiro atoms. The Morgan fingerprint density at radius 2 is 2.03 bits per heavy atom.